The topological polar surface area (TPSA) is 176 Å². The minimum absolute atomic E-state index is 0. The van der Waals surface area contributed by atoms with Crippen molar-refractivity contribution in [3.8, 4) is 56.3 Å². The average Bonchev–Trinajstić information content (AvgIpc) is 0.801. The molecule has 11 nitrogen and oxygen atoms in total. The molecule has 5 heterocycles. The minimum Gasteiger partial charge on any atom is -0.512 e. The fourth-order valence-electron chi connectivity index (χ4n) is 11.4. The smallest absolute Gasteiger partial charge is 0.189 e. The van der Waals surface area contributed by atoms with Crippen molar-refractivity contribution in [2.45, 2.75) is 69.2 Å². The number of carbonyl (C=O) groups excluding carboxylic acids is 3. The Labute approximate surface area is 760 Å². The van der Waals surface area contributed by atoms with Crippen LogP contribution in [0.1, 0.15) is 77.0 Å². The molecule has 5 radical (unpaired) electrons. The van der Waals surface area contributed by atoms with Crippen LogP contribution in [0.25, 0.3) is 105 Å². The van der Waals surface area contributed by atoms with Gasteiger partial charge in [0, 0.05) is 148 Å². The monoisotopic (exact) mass is 2440 g/mol. The molecule has 16 heteroatoms. The third-order valence-corrected chi connectivity index (χ3v) is 16.8. The van der Waals surface area contributed by atoms with Crippen molar-refractivity contribution in [1.82, 2.24) is 24.9 Å². The number of ketones is 3. The predicted octanol–water partition coefficient (Wildman–Crippen LogP) is 24.7. The average molecular weight is 2440 g/mol. The van der Waals surface area contributed by atoms with Gasteiger partial charge in [-0.25, -0.2) is 0 Å². The zero-order chi connectivity index (χ0) is 80.4. The van der Waals surface area contributed by atoms with Gasteiger partial charge in [0.15, 0.2) is 17.3 Å². The number of nitrogens with zero attached hydrogens (tertiary/aromatic N) is 5. The first kappa shape index (κ1) is 99.4. The normalized spacial score (nSPS) is 10.3. The van der Waals surface area contributed by atoms with Crippen LogP contribution in [0.5, 0.6) is 0 Å². The Morgan fingerprint density at radius 1 is 0.305 bits per heavy atom. The second kappa shape index (κ2) is 52.0. The molecule has 0 atom stereocenters. The Balaban J connectivity index is 0.000000286. The first-order chi connectivity index (χ1) is 54.6. The van der Waals surface area contributed by atoms with Crippen molar-refractivity contribution in [2.75, 3.05) is 0 Å². The molecule has 0 aliphatic carbocycles. The van der Waals surface area contributed by atoms with E-state index in [-0.39, 0.29) is 135 Å². The summed E-state index contributed by atoms with van der Waals surface area (Å²) in [4.78, 5) is 54.5. The van der Waals surface area contributed by atoms with Crippen molar-refractivity contribution in [3.05, 3.63) is 420 Å². The number of allylic oxidation sites excluding steroid dienone is 5. The number of aliphatic hydroxyl groups is 3. The van der Waals surface area contributed by atoms with E-state index in [4.69, 9.17) is 10.2 Å². The molecule has 118 heavy (non-hydrogen) atoms. The van der Waals surface area contributed by atoms with Gasteiger partial charge in [-0.15, -0.1) is 177 Å². The third-order valence-electron chi connectivity index (χ3n) is 16.8. The number of benzene rings is 11. The van der Waals surface area contributed by atoms with Gasteiger partial charge in [-0.2, -0.15) is 0 Å². The first-order valence-corrected chi connectivity index (χ1v) is 36.7. The molecule has 5 aromatic heterocycles. The maximum Gasteiger partial charge on any atom is 0.189 e. The van der Waals surface area contributed by atoms with Crippen molar-refractivity contribution < 1.29 is 130 Å². The molecule has 0 unspecified atom stereocenters. The number of aromatic nitrogens is 5. The molecule has 0 fully saturated rings. The van der Waals surface area contributed by atoms with Crippen molar-refractivity contribution in [2.24, 2.45) is 0 Å². The zero-order valence-corrected chi connectivity index (χ0v) is 78.7. The number of fused-ring (bicyclic) bond motifs is 4. The molecule has 0 aliphatic rings. The summed E-state index contributed by atoms with van der Waals surface area (Å²) >= 11 is 0. The molecular formula is C102H88Ir5N5O6-5. The number of hydrogen-bond acceptors (Lipinski definition) is 11. The molecule has 11 aromatic carbocycles. The summed E-state index contributed by atoms with van der Waals surface area (Å²) in [5.41, 5.74) is 20.8. The molecule has 0 bridgehead atoms. The summed E-state index contributed by atoms with van der Waals surface area (Å²) in [7, 11) is 0. The minimum atomic E-state index is -0.202. The predicted molar refractivity (Wildman–Crippen MR) is 463 cm³/mol. The van der Waals surface area contributed by atoms with Gasteiger partial charge in [0.2, 0.25) is 0 Å². The fraction of sp³-hybridized carbons (Fsp3) is 0.0980. The van der Waals surface area contributed by atoms with Gasteiger partial charge < -0.3 is 30.3 Å². The fourth-order valence-corrected chi connectivity index (χ4v) is 11.4. The van der Waals surface area contributed by atoms with Gasteiger partial charge in [0.05, 0.1) is 22.6 Å². The first-order valence-electron chi connectivity index (χ1n) is 36.7. The summed E-state index contributed by atoms with van der Waals surface area (Å²) in [6.07, 6.45) is 9.16. The van der Waals surface area contributed by atoms with Crippen LogP contribution in [0.4, 0.5) is 0 Å². The van der Waals surface area contributed by atoms with Crippen LogP contribution >= 0.6 is 0 Å². The van der Waals surface area contributed by atoms with Crippen molar-refractivity contribution in [3.63, 3.8) is 0 Å². The summed E-state index contributed by atoms with van der Waals surface area (Å²) in [6, 6.07) is 114. The Bertz CT molecular complexity index is 5660. The quantitative estimate of drug-likeness (QED) is 0.0514. The number of para-hydroxylation sites is 2. The van der Waals surface area contributed by atoms with Crippen LogP contribution in [0, 0.1) is 71.9 Å². The number of pyridine rings is 5. The number of rotatable bonds is 10. The van der Waals surface area contributed by atoms with Gasteiger partial charge in [0.1, 0.15) is 5.76 Å². The maximum atomic E-state index is 11.8. The standard InChI is InChI=1S/4C16H12N.C15H12O2.C13H12N.2C5H8O2.5Ir/c2*1-12-5-4-7-14(11-12)16-15-8-3-2-6-13(15)9-10-17-16;2*1-12-5-4-7-14(11-12)16-10-9-13-6-2-3-8-15(13)17-16;16-14(12-7-3-1-4-8-12)11-15(17)13-9-5-2-6-10-13;1-10-4-3-5-12(8-10)13-7-6-11(2)9-14-13;2*1-4(6)3-5(2)7;;;;;/h4*2-6,8-11H,1H3;1-11,16H;3-4,6-9H,1-2H3;2*3,6H,1-2H3;;;;;/q4*-1;;-1;;;;;;;. The molecule has 16 rings (SSSR count). The van der Waals surface area contributed by atoms with Crippen LogP contribution < -0.4 is 0 Å². The van der Waals surface area contributed by atoms with E-state index in [9.17, 15) is 19.5 Å². The Hall–Kier alpha value is -10.9. The van der Waals surface area contributed by atoms with Crippen LogP contribution in [0.15, 0.2) is 346 Å². The van der Waals surface area contributed by atoms with E-state index in [0.29, 0.717) is 11.1 Å². The van der Waals surface area contributed by atoms with Gasteiger partial charge in [0.25, 0.3) is 0 Å². The van der Waals surface area contributed by atoms with E-state index < -0.39 is 0 Å². The second-order valence-electron chi connectivity index (χ2n) is 26.6. The van der Waals surface area contributed by atoms with E-state index in [1.807, 2.05) is 189 Å². The van der Waals surface area contributed by atoms with E-state index in [1.54, 1.807) is 36.4 Å². The molecule has 0 amide bonds. The molecule has 3 N–H and O–H groups in total. The molecule has 607 valence electrons. The molecular weight excluding hydrogens is 2350 g/mol. The van der Waals surface area contributed by atoms with Crippen molar-refractivity contribution in [1.29, 1.82) is 0 Å². The Morgan fingerprint density at radius 3 is 0.975 bits per heavy atom. The number of aliphatic hydroxyl groups excluding tert-OH is 3. The van der Waals surface area contributed by atoms with E-state index >= 15 is 0 Å². The van der Waals surface area contributed by atoms with Gasteiger partial charge in [-0.05, 0) is 125 Å². The zero-order valence-electron chi connectivity index (χ0n) is 66.7. The number of carbonyl (C=O) groups is 3. The third kappa shape index (κ3) is 32.5. The second-order valence-corrected chi connectivity index (χ2v) is 26.6. The summed E-state index contributed by atoms with van der Waals surface area (Å²) in [6.45, 7) is 18.1. The number of aryl methyl sites for hydroxylation is 6. The number of hydrogen-bond donors (Lipinski definition) is 3. The molecule has 0 aliphatic heterocycles. The molecule has 0 spiro atoms. The Kier molecular flexibility index (Phi) is 43.8. The van der Waals surface area contributed by atoms with Gasteiger partial charge in [-0.1, -0.05) is 217 Å². The summed E-state index contributed by atoms with van der Waals surface area (Å²) < 4.78 is 0. The van der Waals surface area contributed by atoms with Crippen LogP contribution in [-0.2, 0) is 110 Å². The molecule has 0 saturated carbocycles. The van der Waals surface area contributed by atoms with E-state index in [2.05, 4.69) is 187 Å². The molecule has 0 saturated heterocycles. The summed E-state index contributed by atoms with van der Waals surface area (Å²) in [5, 5.41) is 33.6. The summed E-state index contributed by atoms with van der Waals surface area (Å²) in [5.74, 6) is -0.341. The van der Waals surface area contributed by atoms with E-state index in [0.717, 1.165) is 67.3 Å². The SMILES string of the molecule is CC(=O)C=C(C)O.CC(=O)C=C(C)O.Cc1cc[c-]c(-c2ccc3ccccc3n2)c1.Cc1cc[c-]c(-c2ccc3ccccc3n2)c1.Cc1cc[c-]c(-c2nccc3ccccc23)c1.Cc1cc[c-]c(-c2nccc3ccccc23)c1.Cc1ccc(-c2[c-]ccc(C)c2)nc1.O=C(C=C(O)c1ccccc1)c1ccccc1.[Ir].[Ir].[Ir].[Ir].[Ir]. The maximum absolute atomic E-state index is 11.8. The van der Waals surface area contributed by atoms with Gasteiger partial charge >= 0.3 is 0 Å². The van der Waals surface area contributed by atoms with Crippen molar-refractivity contribution >= 4 is 66.5 Å². The largest absolute Gasteiger partial charge is 0.512 e. The van der Waals surface area contributed by atoms with Crippen LogP contribution in [0.2, 0.25) is 0 Å². The van der Waals surface area contributed by atoms with E-state index in [1.165, 1.54) is 112 Å². The molecule has 16 aromatic rings. The van der Waals surface area contributed by atoms with Gasteiger partial charge in [-0.3, -0.25) is 24.4 Å². The Morgan fingerprint density at radius 2 is 0.627 bits per heavy atom. The van der Waals surface area contributed by atoms with Crippen LogP contribution in [0.3, 0.4) is 0 Å². The van der Waals surface area contributed by atoms with Crippen LogP contribution in [-0.4, -0.2) is 57.6 Å².